The van der Waals surface area contributed by atoms with E-state index in [9.17, 15) is 4.79 Å². The first-order valence-electron chi connectivity index (χ1n) is 4.74. The Hall–Kier alpha value is -0.570. The molecule has 3 nitrogen and oxygen atoms in total. The van der Waals surface area contributed by atoms with Gasteiger partial charge in [0.25, 0.3) is 0 Å². The smallest absolute Gasteiger partial charge is 0.234 e. The molecule has 0 aliphatic carbocycles. The summed E-state index contributed by atoms with van der Waals surface area (Å²) in [5.41, 5.74) is 0. The van der Waals surface area contributed by atoms with E-state index >= 15 is 0 Å². The van der Waals surface area contributed by atoms with Crippen LogP contribution in [0.25, 0.3) is 0 Å². The van der Waals surface area contributed by atoms with Crippen LogP contribution >= 0.6 is 0 Å². The Bertz CT molecular complexity index is 122. The first-order chi connectivity index (χ1) is 5.74. The summed E-state index contributed by atoms with van der Waals surface area (Å²) in [6.45, 7) is 7.44. The lowest BCUT2D eigenvalue weighted by molar-refractivity contribution is -0.120. The summed E-state index contributed by atoms with van der Waals surface area (Å²) in [6.07, 6.45) is 2.02. The number of carbonyl (C=O) groups excluding carboxylic acids is 1. The van der Waals surface area contributed by atoms with Crippen LogP contribution in [-0.2, 0) is 4.79 Å². The van der Waals surface area contributed by atoms with Gasteiger partial charge in [0.2, 0.25) is 5.91 Å². The normalized spacial score (nSPS) is 10.3. The van der Waals surface area contributed by atoms with E-state index in [1.165, 1.54) is 0 Å². The number of nitrogens with one attached hydrogen (secondary N) is 2. The Morgan fingerprint density at radius 3 is 2.25 bits per heavy atom. The van der Waals surface area contributed by atoms with Gasteiger partial charge in [-0.15, -0.1) is 0 Å². The van der Waals surface area contributed by atoms with Crippen LogP contribution in [0.4, 0.5) is 0 Å². The van der Waals surface area contributed by atoms with E-state index in [1.54, 1.807) is 0 Å². The van der Waals surface area contributed by atoms with Crippen molar-refractivity contribution in [1.82, 2.24) is 10.6 Å². The van der Waals surface area contributed by atoms with Crippen molar-refractivity contribution in [2.45, 2.75) is 39.7 Å². The molecule has 0 saturated carbocycles. The molecule has 0 spiro atoms. The van der Waals surface area contributed by atoms with Gasteiger partial charge in [0.1, 0.15) is 0 Å². The Kier molecular flexibility index (Phi) is 6.76. The van der Waals surface area contributed by atoms with Crippen molar-refractivity contribution in [3.63, 3.8) is 0 Å². The highest BCUT2D eigenvalue weighted by Crippen LogP contribution is 1.94. The van der Waals surface area contributed by atoms with Crippen molar-refractivity contribution in [2.24, 2.45) is 0 Å². The molecule has 12 heavy (non-hydrogen) atoms. The molecule has 2 N–H and O–H groups in total. The zero-order valence-corrected chi connectivity index (χ0v) is 8.31. The molecule has 0 aromatic heterocycles. The van der Waals surface area contributed by atoms with Crippen LogP contribution in [0.3, 0.4) is 0 Å². The summed E-state index contributed by atoms with van der Waals surface area (Å²) in [4.78, 5) is 11.2. The first-order valence-corrected chi connectivity index (χ1v) is 4.74. The van der Waals surface area contributed by atoms with E-state index in [0.29, 0.717) is 12.6 Å². The Labute approximate surface area is 74.9 Å². The van der Waals surface area contributed by atoms with E-state index in [4.69, 9.17) is 0 Å². The van der Waals surface area contributed by atoms with Crippen LogP contribution in [-0.4, -0.2) is 25.0 Å². The molecular weight excluding hydrogens is 152 g/mol. The fourth-order valence-corrected chi connectivity index (χ4v) is 1.01. The highest BCUT2D eigenvalue weighted by Gasteiger charge is 2.06. The lowest BCUT2D eigenvalue weighted by Gasteiger charge is -2.14. The van der Waals surface area contributed by atoms with Gasteiger partial charge in [-0.3, -0.25) is 4.79 Å². The average molecular weight is 172 g/mol. The third kappa shape index (κ3) is 5.13. The number of hydrogen-bond donors (Lipinski definition) is 2. The molecule has 0 unspecified atom stereocenters. The lowest BCUT2D eigenvalue weighted by Crippen LogP contribution is -2.39. The topological polar surface area (TPSA) is 41.1 Å². The number of amides is 1. The maximum Gasteiger partial charge on any atom is 0.234 e. The molecule has 0 aromatic rings. The SMILES string of the molecule is CCNCC(=O)NC(CC)CC. The molecule has 0 rings (SSSR count). The average Bonchev–Trinajstić information content (AvgIpc) is 2.10. The molecular formula is C9H20N2O. The van der Waals surface area contributed by atoms with Gasteiger partial charge in [0.15, 0.2) is 0 Å². The maximum absolute atomic E-state index is 11.2. The van der Waals surface area contributed by atoms with Gasteiger partial charge in [-0.05, 0) is 19.4 Å². The first kappa shape index (κ1) is 11.4. The standard InChI is InChI=1S/C9H20N2O/c1-4-8(5-2)11-9(12)7-10-6-3/h8,10H,4-7H2,1-3H3,(H,11,12). The predicted octanol–water partition coefficient (Wildman–Crippen LogP) is 0.901. The number of rotatable bonds is 6. The van der Waals surface area contributed by atoms with Crippen LogP contribution in [0, 0.1) is 0 Å². The summed E-state index contributed by atoms with van der Waals surface area (Å²) in [7, 11) is 0. The maximum atomic E-state index is 11.2. The lowest BCUT2D eigenvalue weighted by atomic mass is 10.2. The highest BCUT2D eigenvalue weighted by molar-refractivity contribution is 5.78. The monoisotopic (exact) mass is 172 g/mol. The minimum absolute atomic E-state index is 0.102. The van der Waals surface area contributed by atoms with Crippen LogP contribution in [0.1, 0.15) is 33.6 Å². The van der Waals surface area contributed by atoms with Crippen molar-refractivity contribution in [3.05, 3.63) is 0 Å². The van der Waals surface area contributed by atoms with Crippen molar-refractivity contribution in [1.29, 1.82) is 0 Å². The van der Waals surface area contributed by atoms with Crippen LogP contribution in [0.5, 0.6) is 0 Å². The third-order valence-electron chi connectivity index (χ3n) is 1.89. The second-order valence-electron chi connectivity index (χ2n) is 2.86. The zero-order chi connectivity index (χ0) is 9.40. The molecule has 0 saturated heterocycles. The molecule has 3 heteroatoms. The third-order valence-corrected chi connectivity index (χ3v) is 1.89. The minimum atomic E-state index is 0.102. The number of hydrogen-bond acceptors (Lipinski definition) is 2. The van der Waals surface area contributed by atoms with Gasteiger partial charge in [-0.25, -0.2) is 0 Å². The van der Waals surface area contributed by atoms with Gasteiger partial charge >= 0.3 is 0 Å². The predicted molar refractivity (Wildman–Crippen MR) is 51.1 cm³/mol. The molecule has 0 aliphatic heterocycles. The van der Waals surface area contributed by atoms with Crippen molar-refractivity contribution in [3.8, 4) is 0 Å². The van der Waals surface area contributed by atoms with E-state index in [-0.39, 0.29) is 5.91 Å². The summed E-state index contributed by atoms with van der Waals surface area (Å²) in [6, 6.07) is 0.344. The molecule has 0 bridgehead atoms. The quantitative estimate of drug-likeness (QED) is 0.625. The van der Waals surface area contributed by atoms with Crippen molar-refractivity contribution < 1.29 is 4.79 Å². The Morgan fingerprint density at radius 1 is 1.25 bits per heavy atom. The van der Waals surface area contributed by atoms with Crippen LogP contribution < -0.4 is 10.6 Å². The summed E-state index contributed by atoms with van der Waals surface area (Å²) < 4.78 is 0. The fourth-order valence-electron chi connectivity index (χ4n) is 1.01. The number of carbonyl (C=O) groups is 1. The van der Waals surface area contributed by atoms with Crippen LogP contribution in [0.2, 0.25) is 0 Å². The molecule has 0 aromatic carbocycles. The second kappa shape index (κ2) is 7.10. The van der Waals surface area contributed by atoms with Gasteiger partial charge < -0.3 is 10.6 Å². The van der Waals surface area contributed by atoms with Gasteiger partial charge in [0, 0.05) is 6.04 Å². The molecule has 0 fully saturated rings. The number of likely N-dealkylation sites (N-methyl/N-ethyl adjacent to an activating group) is 1. The van der Waals surface area contributed by atoms with E-state index < -0.39 is 0 Å². The van der Waals surface area contributed by atoms with Gasteiger partial charge in [-0.1, -0.05) is 20.8 Å². The summed E-state index contributed by atoms with van der Waals surface area (Å²) in [5.74, 6) is 0.102. The van der Waals surface area contributed by atoms with Crippen LogP contribution in [0.15, 0.2) is 0 Å². The molecule has 0 atom stereocenters. The second-order valence-corrected chi connectivity index (χ2v) is 2.86. The fraction of sp³-hybridized carbons (Fsp3) is 0.889. The zero-order valence-electron chi connectivity index (χ0n) is 8.31. The molecule has 72 valence electrons. The molecule has 1 amide bonds. The van der Waals surface area contributed by atoms with E-state index in [1.807, 2.05) is 6.92 Å². The van der Waals surface area contributed by atoms with Crippen molar-refractivity contribution in [2.75, 3.05) is 13.1 Å². The van der Waals surface area contributed by atoms with E-state index in [0.717, 1.165) is 19.4 Å². The Balaban J connectivity index is 3.52. The van der Waals surface area contributed by atoms with E-state index in [2.05, 4.69) is 24.5 Å². The summed E-state index contributed by atoms with van der Waals surface area (Å²) >= 11 is 0. The highest BCUT2D eigenvalue weighted by atomic mass is 16.1. The molecule has 0 heterocycles. The minimum Gasteiger partial charge on any atom is -0.352 e. The summed E-state index contributed by atoms with van der Waals surface area (Å²) in [5, 5.41) is 5.94. The van der Waals surface area contributed by atoms with Crippen molar-refractivity contribution >= 4 is 5.91 Å². The largest absolute Gasteiger partial charge is 0.352 e. The molecule has 0 aliphatic rings. The molecule has 0 radical (unpaired) electrons. The van der Waals surface area contributed by atoms with Gasteiger partial charge in [0.05, 0.1) is 6.54 Å². The van der Waals surface area contributed by atoms with Gasteiger partial charge in [-0.2, -0.15) is 0 Å². The Morgan fingerprint density at radius 2 is 1.83 bits per heavy atom.